The van der Waals surface area contributed by atoms with Gasteiger partial charge in [0.2, 0.25) is 0 Å². The van der Waals surface area contributed by atoms with Crippen molar-refractivity contribution in [2.24, 2.45) is 0 Å². The summed E-state index contributed by atoms with van der Waals surface area (Å²) >= 11 is 0. The van der Waals surface area contributed by atoms with E-state index in [1.165, 1.54) is 5.56 Å². The smallest absolute Gasteiger partial charge is 0.122 e. The van der Waals surface area contributed by atoms with Crippen LogP contribution in [0.3, 0.4) is 0 Å². The van der Waals surface area contributed by atoms with Gasteiger partial charge in [-0.25, -0.2) is 0 Å². The van der Waals surface area contributed by atoms with Crippen LogP contribution in [0.5, 0.6) is 17.2 Å². The van der Waals surface area contributed by atoms with Gasteiger partial charge in [-0.1, -0.05) is 6.07 Å². The van der Waals surface area contributed by atoms with E-state index in [2.05, 4.69) is 6.92 Å². The van der Waals surface area contributed by atoms with E-state index in [9.17, 15) is 5.11 Å². The summed E-state index contributed by atoms with van der Waals surface area (Å²) in [5.41, 5.74) is 5.05. The van der Waals surface area contributed by atoms with Crippen molar-refractivity contribution in [3.05, 3.63) is 52.1 Å². The van der Waals surface area contributed by atoms with Crippen molar-refractivity contribution in [2.45, 2.75) is 27.2 Å². The van der Waals surface area contributed by atoms with Crippen molar-refractivity contribution >= 4 is 0 Å². The second kappa shape index (κ2) is 6.08. The van der Waals surface area contributed by atoms with Crippen molar-refractivity contribution in [1.82, 2.24) is 0 Å². The molecule has 1 N–H and O–H groups in total. The van der Waals surface area contributed by atoms with Crippen LogP contribution in [0.25, 0.3) is 0 Å². The molecule has 2 aromatic carbocycles. The van der Waals surface area contributed by atoms with Crippen LogP contribution in [0.15, 0.2) is 24.3 Å². The Morgan fingerprint density at radius 1 is 0.952 bits per heavy atom. The zero-order valence-electron chi connectivity index (χ0n) is 13.3. The minimum Gasteiger partial charge on any atom is -0.507 e. The van der Waals surface area contributed by atoms with Gasteiger partial charge in [0.1, 0.15) is 17.2 Å². The van der Waals surface area contributed by atoms with Gasteiger partial charge in [0.05, 0.1) is 14.2 Å². The molecule has 0 aliphatic heterocycles. The summed E-state index contributed by atoms with van der Waals surface area (Å²) < 4.78 is 10.6. The molecule has 112 valence electrons. The molecule has 0 aliphatic carbocycles. The van der Waals surface area contributed by atoms with Crippen LogP contribution < -0.4 is 9.47 Å². The predicted octanol–water partition coefficient (Wildman–Crippen LogP) is 3.93. The molecule has 3 heteroatoms. The standard InChI is InChI=1S/C18H22O3/c1-11-8-15(20-4)7-6-14(11)10-16-13(3)17(21-5)9-12(2)18(16)19/h6-9,19H,10H2,1-5H3. The second-order valence-electron chi connectivity index (χ2n) is 5.32. The monoisotopic (exact) mass is 286 g/mol. The third kappa shape index (κ3) is 2.97. The number of aryl methyl sites for hydroxylation is 2. The van der Waals surface area contributed by atoms with E-state index >= 15 is 0 Å². The molecule has 0 aliphatic rings. The lowest BCUT2D eigenvalue weighted by molar-refractivity contribution is 0.406. The number of phenols is 1. The first-order valence-corrected chi connectivity index (χ1v) is 6.97. The Balaban J connectivity index is 2.46. The lowest BCUT2D eigenvalue weighted by atomic mass is 9.94. The van der Waals surface area contributed by atoms with Crippen LogP contribution in [-0.4, -0.2) is 19.3 Å². The molecule has 21 heavy (non-hydrogen) atoms. The van der Waals surface area contributed by atoms with Gasteiger partial charge in [-0.15, -0.1) is 0 Å². The van der Waals surface area contributed by atoms with Gasteiger partial charge < -0.3 is 14.6 Å². The fourth-order valence-corrected chi connectivity index (χ4v) is 2.55. The molecule has 0 spiro atoms. The number of benzene rings is 2. The first kappa shape index (κ1) is 15.2. The van der Waals surface area contributed by atoms with Gasteiger partial charge in [0.25, 0.3) is 0 Å². The summed E-state index contributed by atoms with van der Waals surface area (Å²) in [6.07, 6.45) is 0.672. The van der Waals surface area contributed by atoms with E-state index in [-0.39, 0.29) is 0 Å². The molecule has 0 saturated carbocycles. The molecule has 0 heterocycles. The van der Waals surface area contributed by atoms with E-state index in [0.717, 1.165) is 33.8 Å². The summed E-state index contributed by atoms with van der Waals surface area (Å²) in [5, 5.41) is 10.4. The SMILES string of the molecule is COc1ccc(Cc2c(C)c(OC)cc(C)c2O)c(C)c1. The topological polar surface area (TPSA) is 38.7 Å². The van der Waals surface area contributed by atoms with Crippen LogP contribution in [-0.2, 0) is 6.42 Å². The quantitative estimate of drug-likeness (QED) is 0.925. The van der Waals surface area contributed by atoms with Gasteiger partial charge in [-0.05, 0) is 61.2 Å². The average molecular weight is 286 g/mol. The molecular weight excluding hydrogens is 264 g/mol. The van der Waals surface area contributed by atoms with E-state index in [4.69, 9.17) is 9.47 Å². The maximum Gasteiger partial charge on any atom is 0.122 e. The minimum absolute atomic E-state index is 0.350. The highest BCUT2D eigenvalue weighted by atomic mass is 16.5. The third-order valence-electron chi connectivity index (χ3n) is 3.97. The number of phenolic OH excluding ortho intramolecular Hbond substituents is 1. The normalized spacial score (nSPS) is 10.5. The van der Waals surface area contributed by atoms with Gasteiger partial charge in [-0.3, -0.25) is 0 Å². The van der Waals surface area contributed by atoms with Crippen LogP contribution in [0.4, 0.5) is 0 Å². The second-order valence-corrected chi connectivity index (χ2v) is 5.32. The number of hydrogen-bond acceptors (Lipinski definition) is 3. The first-order valence-electron chi connectivity index (χ1n) is 6.97. The molecule has 0 atom stereocenters. The Labute approximate surface area is 126 Å². The Morgan fingerprint density at radius 3 is 2.24 bits per heavy atom. The average Bonchev–Trinajstić information content (AvgIpc) is 2.48. The fourth-order valence-electron chi connectivity index (χ4n) is 2.55. The van der Waals surface area contributed by atoms with E-state index in [1.54, 1.807) is 14.2 Å². The molecule has 0 bridgehead atoms. The molecule has 0 aromatic heterocycles. The van der Waals surface area contributed by atoms with Crippen molar-refractivity contribution in [3.63, 3.8) is 0 Å². The fraction of sp³-hybridized carbons (Fsp3) is 0.333. The predicted molar refractivity (Wildman–Crippen MR) is 84.7 cm³/mol. The van der Waals surface area contributed by atoms with Crippen LogP contribution in [0.2, 0.25) is 0 Å². The van der Waals surface area contributed by atoms with Gasteiger partial charge in [0.15, 0.2) is 0 Å². The van der Waals surface area contributed by atoms with Gasteiger partial charge >= 0.3 is 0 Å². The summed E-state index contributed by atoms with van der Waals surface area (Å²) in [4.78, 5) is 0. The Hall–Kier alpha value is -2.16. The molecular formula is C18H22O3. The van der Waals surface area contributed by atoms with E-state index in [0.29, 0.717) is 12.2 Å². The maximum atomic E-state index is 10.4. The maximum absolute atomic E-state index is 10.4. The van der Waals surface area contributed by atoms with Crippen molar-refractivity contribution in [3.8, 4) is 17.2 Å². The van der Waals surface area contributed by atoms with Crippen molar-refractivity contribution in [2.75, 3.05) is 14.2 Å². The summed E-state index contributed by atoms with van der Waals surface area (Å²) in [6.45, 7) is 5.92. The zero-order valence-corrected chi connectivity index (χ0v) is 13.3. The van der Waals surface area contributed by atoms with Crippen molar-refractivity contribution < 1.29 is 14.6 Å². The Bertz CT molecular complexity index is 660. The molecule has 3 nitrogen and oxygen atoms in total. The van der Waals surface area contributed by atoms with Gasteiger partial charge in [-0.2, -0.15) is 0 Å². The summed E-state index contributed by atoms with van der Waals surface area (Å²) in [5.74, 6) is 2.01. The summed E-state index contributed by atoms with van der Waals surface area (Å²) in [7, 11) is 3.32. The molecule has 0 radical (unpaired) electrons. The van der Waals surface area contributed by atoms with E-state index < -0.39 is 0 Å². The molecule has 0 fully saturated rings. The van der Waals surface area contributed by atoms with Crippen LogP contribution >= 0.6 is 0 Å². The Morgan fingerprint density at radius 2 is 1.67 bits per heavy atom. The number of rotatable bonds is 4. The summed E-state index contributed by atoms with van der Waals surface area (Å²) in [6, 6.07) is 7.87. The number of aromatic hydroxyl groups is 1. The molecule has 2 rings (SSSR count). The first-order chi connectivity index (χ1) is 9.97. The Kier molecular flexibility index (Phi) is 4.41. The lowest BCUT2D eigenvalue weighted by Crippen LogP contribution is -2.00. The van der Waals surface area contributed by atoms with Crippen molar-refractivity contribution in [1.29, 1.82) is 0 Å². The number of ether oxygens (including phenoxy) is 2. The van der Waals surface area contributed by atoms with E-state index in [1.807, 2.05) is 38.1 Å². The minimum atomic E-state index is 0.350. The van der Waals surface area contributed by atoms with Crippen LogP contribution in [0, 0.1) is 20.8 Å². The van der Waals surface area contributed by atoms with Crippen LogP contribution in [0.1, 0.15) is 27.8 Å². The number of hydrogen-bond donors (Lipinski definition) is 1. The molecule has 0 unspecified atom stereocenters. The lowest BCUT2D eigenvalue weighted by Gasteiger charge is -2.16. The highest BCUT2D eigenvalue weighted by molar-refractivity contribution is 5.54. The molecule has 2 aromatic rings. The molecule has 0 amide bonds. The van der Waals surface area contributed by atoms with Gasteiger partial charge in [0, 0.05) is 12.0 Å². The number of methoxy groups -OCH3 is 2. The third-order valence-corrected chi connectivity index (χ3v) is 3.97. The molecule has 0 saturated heterocycles. The highest BCUT2D eigenvalue weighted by Crippen LogP contribution is 2.35. The highest BCUT2D eigenvalue weighted by Gasteiger charge is 2.14. The largest absolute Gasteiger partial charge is 0.507 e. The zero-order chi connectivity index (χ0) is 15.6.